The molecule has 7 nitrogen and oxygen atoms in total. The first-order valence-corrected chi connectivity index (χ1v) is 8.03. The molecule has 1 fully saturated rings. The molecule has 1 saturated heterocycles. The van der Waals surface area contributed by atoms with E-state index < -0.39 is 16.6 Å². The van der Waals surface area contributed by atoms with Crippen molar-refractivity contribution in [3.8, 4) is 11.6 Å². The summed E-state index contributed by atoms with van der Waals surface area (Å²) in [6.45, 7) is 1.07. The van der Waals surface area contributed by atoms with Crippen LogP contribution >= 0.6 is 0 Å². The van der Waals surface area contributed by atoms with E-state index >= 15 is 0 Å². The van der Waals surface area contributed by atoms with E-state index in [1.807, 2.05) is 4.90 Å². The van der Waals surface area contributed by atoms with Gasteiger partial charge < -0.3 is 14.4 Å². The lowest BCUT2D eigenvalue weighted by molar-refractivity contribution is -0.385. The average molecular weight is 365 g/mol. The fraction of sp³-hybridized carbons (Fsp3) is 0.353. The van der Waals surface area contributed by atoms with Crippen molar-refractivity contribution < 1.29 is 23.2 Å². The van der Waals surface area contributed by atoms with Crippen LogP contribution in [0.2, 0.25) is 0 Å². The van der Waals surface area contributed by atoms with Gasteiger partial charge in [-0.3, -0.25) is 10.1 Å². The van der Waals surface area contributed by atoms with Crippen LogP contribution < -0.4 is 14.4 Å². The van der Waals surface area contributed by atoms with E-state index in [9.17, 15) is 18.9 Å². The van der Waals surface area contributed by atoms with Crippen LogP contribution in [0, 0.1) is 21.7 Å². The number of halogens is 2. The Hall–Kier alpha value is -2.97. The molecular formula is C17H17F2N3O4. The molecule has 3 rings (SSSR count). The highest BCUT2D eigenvalue weighted by Crippen LogP contribution is 2.32. The highest BCUT2D eigenvalue weighted by atomic mass is 19.1. The Morgan fingerprint density at radius 3 is 2.62 bits per heavy atom. The number of nitrogens with zero attached hydrogens (tertiary/aromatic N) is 3. The Bertz CT molecular complexity index is 811. The number of pyridine rings is 1. The van der Waals surface area contributed by atoms with Gasteiger partial charge in [-0.1, -0.05) is 0 Å². The van der Waals surface area contributed by atoms with Gasteiger partial charge in [0.25, 0.3) is 5.69 Å². The number of piperidine rings is 1. The van der Waals surface area contributed by atoms with E-state index in [2.05, 4.69) is 4.98 Å². The second-order valence-electron chi connectivity index (χ2n) is 5.86. The Morgan fingerprint density at radius 1 is 1.27 bits per heavy atom. The standard InChI is InChI=1S/C17H17F2N3O4/c1-25-17-15(9-12(10-20-17)22(23)24)21-6-4-13(5-7-21)26-16-3-2-11(18)8-14(16)19/h2-3,8-10,13H,4-7H2,1H3. The largest absolute Gasteiger partial charge is 0.487 e. The fourth-order valence-corrected chi connectivity index (χ4v) is 2.88. The molecule has 0 radical (unpaired) electrons. The van der Waals surface area contributed by atoms with Gasteiger partial charge in [-0.15, -0.1) is 0 Å². The van der Waals surface area contributed by atoms with Crippen LogP contribution in [0.25, 0.3) is 0 Å². The van der Waals surface area contributed by atoms with Crippen LogP contribution in [-0.2, 0) is 0 Å². The summed E-state index contributed by atoms with van der Waals surface area (Å²) in [5.41, 5.74) is 0.417. The van der Waals surface area contributed by atoms with Crippen molar-refractivity contribution in [2.45, 2.75) is 18.9 Å². The van der Waals surface area contributed by atoms with Crippen molar-refractivity contribution in [2.24, 2.45) is 0 Å². The zero-order valence-corrected chi connectivity index (χ0v) is 14.0. The normalized spacial score (nSPS) is 15.0. The molecule has 1 aliphatic rings. The van der Waals surface area contributed by atoms with E-state index in [-0.39, 0.29) is 17.5 Å². The molecule has 2 heterocycles. The van der Waals surface area contributed by atoms with Crippen LogP contribution in [0.1, 0.15) is 12.8 Å². The maximum atomic E-state index is 13.7. The van der Waals surface area contributed by atoms with Crippen molar-refractivity contribution in [1.29, 1.82) is 0 Å². The molecule has 0 amide bonds. The number of ether oxygens (including phenoxy) is 2. The second-order valence-corrected chi connectivity index (χ2v) is 5.86. The lowest BCUT2D eigenvalue weighted by Crippen LogP contribution is -2.38. The van der Waals surface area contributed by atoms with Gasteiger partial charge in [0.05, 0.1) is 12.0 Å². The van der Waals surface area contributed by atoms with Crippen LogP contribution in [0.3, 0.4) is 0 Å². The molecule has 26 heavy (non-hydrogen) atoms. The van der Waals surface area contributed by atoms with Crippen molar-refractivity contribution in [3.63, 3.8) is 0 Å². The number of anilines is 1. The number of methoxy groups -OCH3 is 1. The Kier molecular flexibility index (Phi) is 5.15. The van der Waals surface area contributed by atoms with E-state index in [0.29, 0.717) is 37.5 Å². The van der Waals surface area contributed by atoms with Crippen molar-refractivity contribution in [1.82, 2.24) is 4.98 Å². The molecule has 0 atom stereocenters. The lowest BCUT2D eigenvalue weighted by Gasteiger charge is -2.33. The summed E-state index contributed by atoms with van der Waals surface area (Å²) >= 11 is 0. The molecule has 1 aromatic carbocycles. The minimum Gasteiger partial charge on any atom is -0.487 e. The predicted octanol–water partition coefficient (Wildman–Crippen LogP) is 3.32. The summed E-state index contributed by atoms with van der Waals surface area (Å²) in [5, 5.41) is 11.0. The Labute approximate surface area is 148 Å². The topological polar surface area (TPSA) is 77.7 Å². The number of benzene rings is 1. The number of hydrogen-bond donors (Lipinski definition) is 0. The smallest absolute Gasteiger partial charge is 0.289 e. The van der Waals surface area contributed by atoms with Gasteiger partial charge in [-0.2, -0.15) is 0 Å². The second kappa shape index (κ2) is 7.51. The van der Waals surface area contributed by atoms with Crippen LogP contribution in [0.4, 0.5) is 20.2 Å². The summed E-state index contributed by atoms with van der Waals surface area (Å²) in [6, 6.07) is 4.62. The van der Waals surface area contributed by atoms with Crippen molar-refractivity contribution in [3.05, 3.63) is 52.2 Å². The maximum Gasteiger partial charge on any atom is 0.289 e. The zero-order chi connectivity index (χ0) is 18.7. The van der Waals surface area contributed by atoms with Gasteiger partial charge in [0.2, 0.25) is 5.88 Å². The zero-order valence-electron chi connectivity index (χ0n) is 14.0. The number of aromatic nitrogens is 1. The molecule has 0 N–H and O–H groups in total. The quantitative estimate of drug-likeness (QED) is 0.597. The Morgan fingerprint density at radius 2 is 2.00 bits per heavy atom. The molecule has 0 unspecified atom stereocenters. The van der Waals surface area contributed by atoms with Crippen molar-refractivity contribution >= 4 is 11.4 Å². The van der Waals surface area contributed by atoms with Gasteiger partial charge in [0.15, 0.2) is 11.6 Å². The molecule has 1 aliphatic heterocycles. The van der Waals surface area contributed by atoms with Crippen LogP contribution in [0.15, 0.2) is 30.5 Å². The third kappa shape index (κ3) is 3.81. The lowest BCUT2D eigenvalue weighted by atomic mass is 10.1. The highest BCUT2D eigenvalue weighted by Gasteiger charge is 2.25. The Balaban J connectivity index is 1.68. The SMILES string of the molecule is COc1ncc([N+](=O)[O-])cc1N1CCC(Oc2ccc(F)cc2F)CC1. The van der Waals surface area contributed by atoms with E-state index in [1.54, 1.807) is 0 Å². The highest BCUT2D eigenvalue weighted by molar-refractivity contribution is 5.59. The average Bonchev–Trinajstić information content (AvgIpc) is 2.64. The minimum absolute atomic E-state index is 0.0134. The van der Waals surface area contributed by atoms with Gasteiger partial charge >= 0.3 is 0 Å². The number of rotatable bonds is 5. The third-order valence-corrected chi connectivity index (χ3v) is 4.19. The first-order chi connectivity index (χ1) is 12.5. The molecule has 0 bridgehead atoms. The molecule has 1 aromatic heterocycles. The molecule has 0 saturated carbocycles. The van der Waals surface area contributed by atoms with Gasteiger partial charge in [0, 0.05) is 38.1 Å². The molecule has 138 valence electrons. The first-order valence-electron chi connectivity index (χ1n) is 8.03. The summed E-state index contributed by atoms with van der Waals surface area (Å²) < 4.78 is 37.5. The maximum absolute atomic E-state index is 13.7. The molecular weight excluding hydrogens is 348 g/mol. The van der Waals surface area contributed by atoms with Gasteiger partial charge in [-0.25, -0.2) is 13.8 Å². The molecule has 0 aliphatic carbocycles. The van der Waals surface area contributed by atoms with Crippen LogP contribution in [-0.4, -0.2) is 36.2 Å². The number of hydrogen-bond acceptors (Lipinski definition) is 6. The summed E-state index contributed by atoms with van der Waals surface area (Å²) in [4.78, 5) is 16.4. The first kappa shape index (κ1) is 17.8. The predicted molar refractivity (Wildman–Crippen MR) is 89.7 cm³/mol. The summed E-state index contributed by atoms with van der Waals surface area (Å²) in [7, 11) is 1.45. The number of nitro groups is 1. The monoisotopic (exact) mass is 365 g/mol. The third-order valence-electron chi connectivity index (χ3n) is 4.19. The van der Waals surface area contributed by atoms with Gasteiger partial charge in [-0.05, 0) is 12.1 Å². The minimum atomic E-state index is -0.739. The fourth-order valence-electron chi connectivity index (χ4n) is 2.88. The molecule has 9 heteroatoms. The summed E-state index contributed by atoms with van der Waals surface area (Å²) in [6.07, 6.45) is 2.06. The van der Waals surface area contributed by atoms with Crippen LogP contribution in [0.5, 0.6) is 11.6 Å². The van der Waals surface area contributed by atoms with Crippen molar-refractivity contribution in [2.75, 3.05) is 25.1 Å². The molecule has 0 spiro atoms. The van der Waals surface area contributed by atoms with E-state index in [1.165, 1.54) is 19.2 Å². The summed E-state index contributed by atoms with van der Waals surface area (Å²) in [5.74, 6) is -1.08. The molecule has 2 aromatic rings. The van der Waals surface area contributed by atoms with E-state index in [4.69, 9.17) is 9.47 Å². The van der Waals surface area contributed by atoms with E-state index in [0.717, 1.165) is 18.3 Å². The van der Waals surface area contributed by atoms with Gasteiger partial charge in [0.1, 0.15) is 23.8 Å².